The first-order chi connectivity index (χ1) is 9.79. The molecule has 1 fully saturated rings. The molecule has 7 heteroatoms. The van der Waals surface area contributed by atoms with Crippen molar-refractivity contribution in [3.05, 3.63) is 35.0 Å². The van der Waals surface area contributed by atoms with Crippen LogP contribution in [0.3, 0.4) is 0 Å². The first-order valence-corrected chi connectivity index (χ1v) is 7.97. The van der Waals surface area contributed by atoms with Gasteiger partial charge in [0, 0.05) is 16.8 Å². The number of thiazole rings is 1. The Morgan fingerprint density at radius 2 is 2.05 bits per heavy atom. The zero-order chi connectivity index (χ0) is 13.8. The van der Waals surface area contributed by atoms with E-state index in [-0.39, 0.29) is 24.8 Å². The van der Waals surface area contributed by atoms with Crippen LogP contribution in [0.1, 0.15) is 23.4 Å². The van der Waals surface area contributed by atoms with Crippen LogP contribution in [0.25, 0.3) is 0 Å². The molecule has 2 aromatic rings. The molecular weight excluding hydrogens is 339 g/mol. The minimum atomic E-state index is 0. The van der Waals surface area contributed by atoms with Crippen LogP contribution in [0.5, 0.6) is 0 Å². The van der Waals surface area contributed by atoms with Crippen LogP contribution in [0.15, 0.2) is 24.4 Å². The van der Waals surface area contributed by atoms with E-state index in [1.165, 1.54) is 23.4 Å². The number of hydrogen-bond acceptors (Lipinski definition) is 5. The summed E-state index contributed by atoms with van der Waals surface area (Å²) in [5.74, 6) is 1.66. The maximum Gasteiger partial charge on any atom is 0.188 e. The van der Waals surface area contributed by atoms with Crippen molar-refractivity contribution in [3.8, 4) is 0 Å². The number of nitrogens with zero attached hydrogens (tertiary/aromatic N) is 2. The van der Waals surface area contributed by atoms with Crippen LogP contribution >= 0.6 is 36.2 Å². The molecule has 1 saturated heterocycles. The third kappa shape index (κ3) is 5.39. The minimum Gasteiger partial charge on any atom is -0.317 e. The molecule has 1 aliphatic heterocycles. The molecule has 0 aromatic carbocycles. The van der Waals surface area contributed by atoms with E-state index in [0.29, 0.717) is 0 Å². The van der Waals surface area contributed by atoms with Gasteiger partial charge in [0.25, 0.3) is 0 Å². The van der Waals surface area contributed by atoms with Gasteiger partial charge >= 0.3 is 0 Å². The molecule has 0 atom stereocenters. The average molecular weight is 361 g/mol. The summed E-state index contributed by atoms with van der Waals surface area (Å²) >= 11 is 1.65. The molecule has 122 valence electrons. The molecule has 3 rings (SSSR count). The van der Waals surface area contributed by atoms with Crippen molar-refractivity contribution in [3.63, 3.8) is 0 Å². The maximum atomic E-state index is 4.71. The van der Waals surface area contributed by atoms with Crippen LogP contribution in [0.4, 0.5) is 10.9 Å². The Balaban J connectivity index is 0.00000121. The lowest BCUT2D eigenvalue weighted by Crippen LogP contribution is -2.28. The van der Waals surface area contributed by atoms with E-state index < -0.39 is 0 Å². The summed E-state index contributed by atoms with van der Waals surface area (Å²) in [4.78, 5) is 10.2. The zero-order valence-electron chi connectivity index (χ0n) is 12.5. The van der Waals surface area contributed by atoms with Gasteiger partial charge in [-0.25, -0.2) is 9.97 Å². The number of hydrogen-bond donors (Lipinski definition) is 2. The van der Waals surface area contributed by atoms with Gasteiger partial charge in [0.05, 0.1) is 0 Å². The second-order valence-corrected chi connectivity index (χ2v) is 6.55. The number of aromatic nitrogens is 2. The fraction of sp³-hybridized carbons (Fsp3) is 0.467. The summed E-state index contributed by atoms with van der Waals surface area (Å²) in [6.07, 6.45) is 5.47. The second-order valence-electron chi connectivity index (χ2n) is 5.31. The third-order valence-corrected chi connectivity index (χ3v) is 4.45. The third-order valence-electron chi connectivity index (χ3n) is 3.62. The predicted molar refractivity (Wildman–Crippen MR) is 98.2 cm³/mol. The monoisotopic (exact) mass is 360 g/mol. The average Bonchev–Trinajstić information content (AvgIpc) is 2.86. The molecule has 3 heterocycles. The molecular formula is C15H22Cl2N4S. The summed E-state index contributed by atoms with van der Waals surface area (Å²) in [5, 5.41) is 7.60. The summed E-state index contributed by atoms with van der Waals surface area (Å²) in [6, 6.07) is 6.20. The van der Waals surface area contributed by atoms with Gasteiger partial charge < -0.3 is 10.6 Å². The largest absolute Gasteiger partial charge is 0.317 e. The lowest BCUT2D eigenvalue weighted by Gasteiger charge is -2.22. The highest BCUT2D eigenvalue weighted by molar-refractivity contribution is 7.15. The first kappa shape index (κ1) is 19.2. The fourth-order valence-corrected chi connectivity index (χ4v) is 3.24. The number of aryl methyl sites for hydroxylation is 1. The predicted octanol–water partition coefficient (Wildman–Crippen LogP) is 3.98. The highest BCUT2D eigenvalue weighted by atomic mass is 35.5. The van der Waals surface area contributed by atoms with E-state index in [2.05, 4.69) is 34.7 Å². The van der Waals surface area contributed by atoms with Crippen LogP contribution in [-0.2, 0) is 6.42 Å². The lowest BCUT2D eigenvalue weighted by molar-refractivity contribution is 0.370. The Morgan fingerprint density at radius 3 is 2.73 bits per heavy atom. The SMILES string of the molecule is Cc1cnc(Nc2cccc(CC3CCNCC3)n2)s1.Cl.Cl. The normalized spacial score (nSPS) is 14.8. The Labute approximate surface area is 148 Å². The van der Waals surface area contributed by atoms with E-state index in [4.69, 9.17) is 4.98 Å². The Morgan fingerprint density at radius 1 is 1.27 bits per heavy atom. The lowest BCUT2D eigenvalue weighted by atomic mass is 9.93. The minimum absolute atomic E-state index is 0. The highest BCUT2D eigenvalue weighted by Crippen LogP contribution is 2.22. The maximum absolute atomic E-state index is 4.71. The standard InChI is InChI=1S/C15H20N4S.2ClH/c1-11-10-17-15(20-11)19-14-4-2-3-13(18-14)9-12-5-7-16-8-6-12;;/h2-4,10,12,16H,5-9H2,1H3,(H,17,18,19);2*1H. The van der Waals surface area contributed by atoms with Gasteiger partial charge in [-0.05, 0) is 57.3 Å². The van der Waals surface area contributed by atoms with E-state index in [9.17, 15) is 0 Å². The van der Waals surface area contributed by atoms with Crippen molar-refractivity contribution in [1.82, 2.24) is 15.3 Å². The molecule has 4 nitrogen and oxygen atoms in total. The first-order valence-electron chi connectivity index (χ1n) is 7.16. The van der Waals surface area contributed by atoms with Crippen molar-refractivity contribution >= 4 is 47.1 Å². The Hall–Kier alpha value is -0.880. The van der Waals surface area contributed by atoms with Gasteiger partial charge in [-0.2, -0.15) is 0 Å². The number of anilines is 2. The fourth-order valence-electron chi connectivity index (χ4n) is 2.57. The van der Waals surface area contributed by atoms with E-state index in [1.54, 1.807) is 11.3 Å². The summed E-state index contributed by atoms with van der Waals surface area (Å²) in [6.45, 7) is 4.34. The van der Waals surface area contributed by atoms with Gasteiger partial charge in [-0.1, -0.05) is 6.07 Å². The molecule has 2 N–H and O–H groups in total. The van der Waals surface area contributed by atoms with Gasteiger partial charge in [-0.15, -0.1) is 36.2 Å². The molecule has 0 unspecified atom stereocenters. The molecule has 0 aliphatic carbocycles. The molecule has 1 aliphatic rings. The number of pyridine rings is 1. The van der Waals surface area contributed by atoms with Gasteiger partial charge in [0.15, 0.2) is 5.13 Å². The topological polar surface area (TPSA) is 49.8 Å². The van der Waals surface area contributed by atoms with Gasteiger partial charge in [0.1, 0.15) is 5.82 Å². The molecule has 0 spiro atoms. The quantitative estimate of drug-likeness (QED) is 0.865. The van der Waals surface area contributed by atoms with Crippen LogP contribution in [0.2, 0.25) is 0 Å². The Bertz CT molecular complexity index is 570. The zero-order valence-corrected chi connectivity index (χ0v) is 15.0. The molecule has 0 radical (unpaired) electrons. The summed E-state index contributed by atoms with van der Waals surface area (Å²) in [7, 11) is 0. The van der Waals surface area contributed by atoms with E-state index in [1.807, 2.05) is 12.3 Å². The number of halogens is 2. The molecule has 22 heavy (non-hydrogen) atoms. The molecule has 0 amide bonds. The van der Waals surface area contributed by atoms with E-state index >= 15 is 0 Å². The van der Waals surface area contributed by atoms with Crippen molar-refractivity contribution in [2.45, 2.75) is 26.2 Å². The molecule has 0 bridgehead atoms. The van der Waals surface area contributed by atoms with Crippen molar-refractivity contribution in [2.75, 3.05) is 18.4 Å². The Kier molecular flexibility index (Phi) is 8.10. The highest BCUT2D eigenvalue weighted by Gasteiger charge is 2.14. The number of piperidine rings is 1. The van der Waals surface area contributed by atoms with Crippen LogP contribution < -0.4 is 10.6 Å². The van der Waals surface area contributed by atoms with Crippen molar-refractivity contribution in [2.24, 2.45) is 5.92 Å². The molecule has 0 saturated carbocycles. The van der Waals surface area contributed by atoms with Crippen LogP contribution in [0, 0.1) is 12.8 Å². The summed E-state index contributed by atoms with van der Waals surface area (Å²) in [5.41, 5.74) is 1.18. The van der Waals surface area contributed by atoms with Gasteiger partial charge in [0.2, 0.25) is 0 Å². The van der Waals surface area contributed by atoms with Crippen molar-refractivity contribution < 1.29 is 0 Å². The summed E-state index contributed by atoms with van der Waals surface area (Å²) < 4.78 is 0. The van der Waals surface area contributed by atoms with E-state index in [0.717, 1.165) is 36.4 Å². The number of rotatable bonds is 4. The smallest absolute Gasteiger partial charge is 0.188 e. The van der Waals surface area contributed by atoms with Crippen molar-refractivity contribution in [1.29, 1.82) is 0 Å². The molecule has 2 aromatic heterocycles. The van der Waals surface area contributed by atoms with Gasteiger partial charge in [-0.3, -0.25) is 0 Å². The van der Waals surface area contributed by atoms with Crippen LogP contribution in [-0.4, -0.2) is 23.1 Å². The second kappa shape index (κ2) is 9.30. The number of nitrogens with one attached hydrogen (secondary N) is 2.